The number of fused-ring (bicyclic) bond motifs is 2. The van der Waals surface area contributed by atoms with E-state index in [0.717, 1.165) is 12.8 Å². The summed E-state index contributed by atoms with van der Waals surface area (Å²) in [7, 11) is 0. The lowest BCUT2D eigenvalue weighted by atomic mass is 9.54. The van der Waals surface area contributed by atoms with Crippen molar-refractivity contribution in [2.75, 3.05) is 0 Å². The number of ether oxygens (including phenoxy) is 2. The molecule has 0 aromatic rings. The fourth-order valence-electron chi connectivity index (χ4n) is 4.32. The molecule has 3 rings (SSSR count). The van der Waals surface area contributed by atoms with Crippen LogP contribution in [0.5, 0.6) is 0 Å². The molecule has 1 heterocycles. The van der Waals surface area contributed by atoms with Gasteiger partial charge in [-0.2, -0.15) is 0 Å². The number of hydrogen-bond acceptors (Lipinski definition) is 5. The topological polar surface area (TPSA) is 72.8 Å². The number of hydrogen-bond donors (Lipinski definition) is 1. The number of esters is 2. The second-order valence-corrected chi connectivity index (χ2v) is 7.65. The average molecular weight is 346 g/mol. The van der Waals surface area contributed by atoms with Crippen LogP contribution in [-0.4, -0.2) is 29.3 Å². The Morgan fingerprint density at radius 3 is 2.76 bits per heavy atom. The molecule has 0 saturated heterocycles. The molecule has 0 bridgehead atoms. The van der Waals surface area contributed by atoms with Gasteiger partial charge in [0.15, 0.2) is 0 Å². The van der Waals surface area contributed by atoms with Crippen LogP contribution >= 0.6 is 0 Å². The Morgan fingerprint density at radius 2 is 2.12 bits per heavy atom. The second kappa shape index (κ2) is 6.13. The number of carbonyl (C=O) groups excluding carboxylic acids is 2. The lowest BCUT2D eigenvalue weighted by Crippen LogP contribution is -2.55. The van der Waals surface area contributed by atoms with Crippen molar-refractivity contribution in [2.24, 2.45) is 17.3 Å². The van der Waals surface area contributed by atoms with Crippen molar-refractivity contribution >= 4 is 11.9 Å². The number of rotatable bonds is 2. The first-order valence-corrected chi connectivity index (χ1v) is 8.88. The minimum absolute atomic E-state index is 0.197. The summed E-state index contributed by atoms with van der Waals surface area (Å²) in [6, 6.07) is 0. The van der Waals surface area contributed by atoms with Crippen LogP contribution in [0.15, 0.2) is 34.6 Å². The zero-order valence-electron chi connectivity index (χ0n) is 15.5. The van der Waals surface area contributed by atoms with E-state index < -0.39 is 17.5 Å². The number of aliphatic hydroxyl groups excluding tert-OH is 1. The molecule has 0 radical (unpaired) electrons. The SMILES string of the molecule is CC=C(C)C(=O)OC1CCC(C)C2(C)C(O)C3=C(C)C(=O)OC3=CC12. The molecule has 136 valence electrons. The molecule has 1 fully saturated rings. The van der Waals surface area contributed by atoms with E-state index in [-0.39, 0.29) is 23.9 Å². The molecule has 5 heteroatoms. The van der Waals surface area contributed by atoms with Crippen molar-refractivity contribution in [1.29, 1.82) is 0 Å². The number of carbonyl (C=O) groups is 2. The zero-order chi connectivity index (χ0) is 18.5. The van der Waals surface area contributed by atoms with E-state index in [4.69, 9.17) is 9.47 Å². The summed E-state index contributed by atoms with van der Waals surface area (Å²) >= 11 is 0. The molecule has 5 unspecified atom stereocenters. The third kappa shape index (κ3) is 2.56. The highest BCUT2D eigenvalue weighted by atomic mass is 16.5. The van der Waals surface area contributed by atoms with E-state index in [9.17, 15) is 14.7 Å². The predicted octanol–water partition coefficient (Wildman–Crippen LogP) is 3.05. The summed E-state index contributed by atoms with van der Waals surface area (Å²) in [6.07, 6.45) is 4.03. The largest absolute Gasteiger partial charge is 0.458 e. The van der Waals surface area contributed by atoms with Crippen LogP contribution in [0.1, 0.15) is 47.5 Å². The van der Waals surface area contributed by atoms with Gasteiger partial charge >= 0.3 is 11.9 Å². The monoisotopic (exact) mass is 346 g/mol. The average Bonchev–Trinajstić information content (AvgIpc) is 2.86. The van der Waals surface area contributed by atoms with Crippen molar-refractivity contribution in [3.8, 4) is 0 Å². The van der Waals surface area contributed by atoms with Crippen molar-refractivity contribution in [3.63, 3.8) is 0 Å². The Morgan fingerprint density at radius 1 is 1.44 bits per heavy atom. The van der Waals surface area contributed by atoms with E-state index >= 15 is 0 Å². The second-order valence-electron chi connectivity index (χ2n) is 7.65. The molecule has 25 heavy (non-hydrogen) atoms. The summed E-state index contributed by atoms with van der Waals surface area (Å²) in [5.74, 6) is -0.293. The van der Waals surface area contributed by atoms with Gasteiger partial charge in [0.25, 0.3) is 0 Å². The molecule has 5 nitrogen and oxygen atoms in total. The fraction of sp³-hybridized carbons (Fsp3) is 0.600. The maximum Gasteiger partial charge on any atom is 0.339 e. The highest BCUT2D eigenvalue weighted by molar-refractivity contribution is 5.94. The molecule has 2 aliphatic carbocycles. The van der Waals surface area contributed by atoms with Gasteiger partial charge in [0.05, 0.1) is 6.10 Å². The maximum atomic E-state index is 12.2. The van der Waals surface area contributed by atoms with Crippen LogP contribution in [0.4, 0.5) is 0 Å². The first-order chi connectivity index (χ1) is 11.7. The minimum Gasteiger partial charge on any atom is -0.458 e. The Kier molecular flexibility index (Phi) is 4.40. The first kappa shape index (κ1) is 17.9. The predicted molar refractivity (Wildman–Crippen MR) is 92.2 cm³/mol. The van der Waals surface area contributed by atoms with Gasteiger partial charge in [-0.05, 0) is 45.6 Å². The zero-order valence-corrected chi connectivity index (χ0v) is 15.5. The molecule has 0 spiro atoms. The smallest absolute Gasteiger partial charge is 0.339 e. The van der Waals surface area contributed by atoms with Gasteiger partial charge in [0.1, 0.15) is 11.9 Å². The normalized spacial score (nSPS) is 37.9. The standard InChI is InChI=1S/C20H26O5/c1-6-10(2)18(22)24-14-8-7-11(3)20(5)13(14)9-15-16(17(20)21)12(4)19(23)25-15/h6,9,11,13-14,17,21H,7-8H2,1-5H3. The third-order valence-corrected chi connectivity index (χ3v) is 6.45. The first-order valence-electron chi connectivity index (χ1n) is 8.88. The summed E-state index contributed by atoms with van der Waals surface area (Å²) in [4.78, 5) is 24.2. The van der Waals surface area contributed by atoms with Gasteiger partial charge in [-0.15, -0.1) is 0 Å². The third-order valence-electron chi connectivity index (χ3n) is 6.45. The highest BCUT2D eigenvalue weighted by Gasteiger charge is 2.57. The van der Waals surface area contributed by atoms with E-state index in [1.165, 1.54) is 0 Å². The van der Waals surface area contributed by atoms with Crippen LogP contribution in [-0.2, 0) is 19.1 Å². The van der Waals surface area contributed by atoms with Gasteiger partial charge in [0, 0.05) is 28.1 Å². The maximum absolute atomic E-state index is 12.2. The summed E-state index contributed by atoms with van der Waals surface area (Å²) in [5, 5.41) is 11.1. The lowest BCUT2D eigenvalue weighted by Gasteiger charge is -2.53. The van der Waals surface area contributed by atoms with Gasteiger partial charge in [-0.1, -0.05) is 19.9 Å². The number of aliphatic hydroxyl groups is 1. The Hall–Kier alpha value is -1.88. The molecular formula is C20H26O5. The summed E-state index contributed by atoms with van der Waals surface area (Å²) in [5.41, 5.74) is 1.11. The minimum atomic E-state index is -0.816. The van der Waals surface area contributed by atoms with Gasteiger partial charge in [-0.3, -0.25) is 0 Å². The quantitative estimate of drug-likeness (QED) is 0.614. The molecule has 1 saturated carbocycles. The van der Waals surface area contributed by atoms with Crippen LogP contribution in [0.3, 0.4) is 0 Å². The van der Waals surface area contributed by atoms with E-state index in [2.05, 4.69) is 6.92 Å². The van der Waals surface area contributed by atoms with E-state index in [1.807, 2.05) is 13.0 Å². The summed E-state index contributed by atoms with van der Waals surface area (Å²) < 4.78 is 11.1. The molecule has 0 amide bonds. The van der Waals surface area contributed by atoms with Crippen molar-refractivity contribution in [2.45, 2.75) is 59.7 Å². The van der Waals surface area contributed by atoms with E-state index in [1.54, 1.807) is 26.8 Å². The van der Waals surface area contributed by atoms with Crippen molar-refractivity contribution in [3.05, 3.63) is 34.6 Å². The highest BCUT2D eigenvalue weighted by Crippen LogP contribution is 2.56. The Balaban J connectivity index is 2.02. The van der Waals surface area contributed by atoms with Gasteiger partial charge in [-0.25, -0.2) is 9.59 Å². The van der Waals surface area contributed by atoms with Gasteiger partial charge < -0.3 is 14.6 Å². The molecular weight excluding hydrogens is 320 g/mol. The molecule has 3 aliphatic rings. The molecule has 1 aliphatic heterocycles. The molecule has 1 N–H and O–H groups in total. The van der Waals surface area contributed by atoms with Crippen LogP contribution in [0.25, 0.3) is 0 Å². The molecule has 5 atom stereocenters. The molecule has 0 aromatic carbocycles. The van der Waals surface area contributed by atoms with Gasteiger partial charge in [0.2, 0.25) is 0 Å². The lowest BCUT2D eigenvalue weighted by molar-refractivity contribution is -0.160. The van der Waals surface area contributed by atoms with Crippen molar-refractivity contribution in [1.82, 2.24) is 0 Å². The number of allylic oxidation sites excluding steroid dienone is 1. The fourth-order valence-corrected chi connectivity index (χ4v) is 4.32. The van der Waals surface area contributed by atoms with Crippen LogP contribution < -0.4 is 0 Å². The van der Waals surface area contributed by atoms with Crippen molar-refractivity contribution < 1.29 is 24.2 Å². The van der Waals surface area contributed by atoms with Crippen LogP contribution in [0.2, 0.25) is 0 Å². The Labute approximate surface area is 148 Å². The Bertz CT molecular complexity index is 714. The molecule has 0 aromatic heterocycles. The summed E-state index contributed by atoms with van der Waals surface area (Å²) in [6.45, 7) is 9.34. The van der Waals surface area contributed by atoms with E-state index in [0.29, 0.717) is 22.5 Å². The van der Waals surface area contributed by atoms with Crippen LogP contribution in [0, 0.1) is 17.3 Å².